The molecule has 232 valence electrons. The lowest BCUT2D eigenvalue weighted by Crippen LogP contribution is -2.42. The van der Waals surface area contributed by atoms with Crippen LogP contribution in [0.25, 0.3) is 11.4 Å². The van der Waals surface area contributed by atoms with E-state index in [2.05, 4.69) is 20.1 Å². The van der Waals surface area contributed by atoms with Crippen LogP contribution >= 0.6 is 0 Å². The Bertz CT molecular complexity index is 1780. The molecule has 1 saturated heterocycles. The molecule has 0 atom stereocenters. The number of morpholine rings is 1. The zero-order valence-corrected chi connectivity index (χ0v) is 24.7. The fourth-order valence-corrected chi connectivity index (χ4v) is 6.13. The molecule has 1 saturated carbocycles. The molecule has 2 amide bonds. The van der Waals surface area contributed by atoms with Crippen molar-refractivity contribution in [1.29, 1.82) is 0 Å². The smallest absolute Gasteiger partial charge is 0.261 e. The van der Waals surface area contributed by atoms with Crippen LogP contribution in [-0.2, 0) is 35.5 Å². The van der Waals surface area contributed by atoms with Crippen LogP contribution in [-0.4, -0.2) is 79.4 Å². The van der Waals surface area contributed by atoms with Crippen molar-refractivity contribution >= 4 is 23.5 Å². The number of fused-ring (bicyclic) bond motifs is 1. The predicted molar refractivity (Wildman–Crippen MR) is 162 cm³/mol. The van der Waals surface area contributed by atoms with Gasteiger partial charge in [0.05, 0.1) is 37.3 Å². The van der Waals surface area contributed by atoms with E-state index in [-0.39, 0.29) is 36.2 Å². The highest BCUT2D eigenvalue weighted by Gasteiger charge is 2.33. The Balaban J connectivity index is 1.13. The molecule has 3 N–H and O–H groups in total. The fourth-order valence-electron chi connectivity index (χ4n) is 6.13. The second-order valence-corrected chi connectivity index (χ2v) is 11.6. The van der Waals surface area contributed by atoms with E-state index in [1.165, 1.54) is 11.0 Å². The van der Waals surface area contributed by atoms with Gasteiger partial charge >= 0.3 is 0 Å². The molecule has 2 fully saturated rings. The summed E-state index contributed by atoms with van der Waals surface area (Å²) in [7, 11) is 0. The largest absolute Gasteiger partial charge is 0.392 e. The Morgan fingerprint density at radius 2 is 1.93 bits per heavy atom. The Morgan fingerprint density at radius 1 is 1.11 bits per heavy atom. The van der Waals surface area contributed by atoms with Gasteiger partial charge in [0.25, 0.3) is 5.91 Å². The molecule has 0 unspecified atom stereocenters. The van der Waals surface area contributed by atoms with E-state index in [1.54, 1.807) is 40.2 Å². The number of ether oxygens (including phenoxy) is 1. The van der Waals surface area contributed by atoms with Crippen LogP contribution in [0.15, 0.2) is 42.7 Å². The third-order valence-corrected chi connectivity index (χ3v) is 8.56. The first-order chi connectivity index (χ1) is 21.9. The SMILES string of the molecule is Nc1nc(Cc2cnn(CC(=O)N3CCOCC3)c2)nc(-c2cccc(N3CCc4cc(C5CC5)cc(F)c4C3=O)c2CO)n1. The Labute approximate surface area is 258 Å². The number of aromatic nitrogens is 5. The van der Waals surface area contributed by atoms with Gasteiger partial charge in [-0.15, -0.1) is 0 Å². The highest BCUT2D eigenvalue weighted by molar-refractivity contribution is 6.09. The van der Waals surface area contributed by atoms with Crippen molar-refractivity contribution in [1.82, 2.24) is 29.6 Å². The van der Waals surface area contributed by atoms with Crippen molar-refractivity contribution in [3.63, 3.8) is 0 Å². The number of aliphatic hydroxyl groups excluding tert-OH is 1. The molecular weight excluding hydrogens is 579 g/mol. The number of rotatable bonds is 8. The van der Waals surface area contributed by atoms with Crippen LogP contribution in [0.5, 0.6) is 0 Å². The molecule has 12 nitrogen and oxygen atoms in total. The maximum absolute atomic E-state index is 15.2. The van der Waals surface area contributed by atoms with Gasteiger partial charge in [0.1, 0.15) is 18.2 Å². The van der Waals surface area contributed by atoms with Crippen molar-refractivity contribution in [3.05, 3.63) is 82.2 Å². The summed E-state index contributed by atoms with van der Waals surface area (Å²) in [4.78, 5) is 42.8. The Morgan fingerprint density at radius 3 is 2.71 bits per heavy atom. The summed E-state index contributed by atoms with van der Waals surface area (Å²) in [6, 6.07) is 8.67. The third kappa shape index (κ3) is 5.88. The monoisotopic (exact) mass is 612 g/mol. The van der Waals surface area contributed by atoms with Crippen LogP contribution in [0.1, 0.15) is 57.2 Å². The number of nitrogens with zero attached hydrogens (tertiary/aromatic N) is 7. The molecule has 7 rings (SSSR count). The number of carbonyl (C=O) groups excluding carboxylic acids is 2. The highest BCUT2D eigenvalue weighted by atomic mass is 19.1. The second kappa shape index (κ2) is 12.0. The first-order valence-electron chi connectivity index (χ1n) is 15.1. The number of nitrogen functional groups attached to an aromatic ring is 1. The van der Waals surface area contributed by atoms with Crippen molar-refractivity contribution < 1.29 is 23.8 Å². The summed E-state index contributed by atoms with van der Waals surface area (Å²) in [6.45, 7) is 2.24. The van der Waals surface area contributed by atoms with E-state index < -0.39 is 18.3 Å². The Hall–Kier alpha value is -4.75. The minimum Gasteiger partial charge on any atom is -0.392 e. The van der Waals surface area contributed by atoms with Crippen LogP contribution in [0.2, 0.25) is 0 Å². The molecule has 2 aromatic carbocycles. The molecule has 0 spiro atoms. The molecule has 4 heterocycles. The van der Waals surface area contributed by atoms with E-state index in [0.29, 0.717) is 67.8 Å². The first kappa shape index (κ1) is 29.0. The summed E-state index contributed by atoms with van der Waals surface area (Å²) >= 11 is 0. The van der Waals surface area contributed by atoms with E-state index >= 15 is 4.39 Å². The number of nitrogens with two attached hydrogens (primary N) is 1. The number of aliphatic hydroxyl groups is 1. The highest BCUT2D eigenvalue weighted by Crippen LogP contribution is 2.42. The van der Waals surface area contributed by atoms with Crippen molar-refractivity contribution in [2.75, 3.05) is 43.5 Å². The van der Waals surface area contributed by atoms with Gasteiger partial charge in [0.15, 0.2) is 5.82 Å². The fraction of sp³-hybridized carbons (Fsp3) is 0.375. The van der Waals surface area contributed by atoms with Crippen LogP contribution in [0.3, 0.4) is 0 Å². The van der Waals surface area contributed by atoms with Crippen LogP contribution in [0, 0.1) is 5.82 Å². The number of amides is 2. The quantitative estimate of drug-likeness (QED) is 0.306. The lowest BCUT2D eigenvalue weighted by atomic mass is 9.93. The molecule has 4 aromatic rings. The molecule has 2 aliphatic heterocycles. The number of anilines is 2. The summed E-state index contributed by atoms with van der Waals surface area (Å²) in [5.74, 6) is 0.0188. The summed E-state index contributed by atoms with van der Waals surface area (Å²) < 4.78 is 22.1. The van der Waals surface area contributed by atoms with E-state index in [0.717, 1.165) is 29.5 Å². The normalized spacial score (nSPS) is 16.6. The molecule has 45 heavy (non-hydrogen) atoms. The molecule has 1 aliphatic carbocycles. The van der Waals surface area contributed by atoms with Gasteiger partial charge in [-0.1, -0.05) is 18.2 Å². The summed E-state index contributed by atoms with van der Waals surface area (Å²) in [5, 5.41) is 14.8. The van der Waals surface area contributed by atoms with Gasteiger partial charge in [0, 0.05) is 43.4 Å². The standard InChI is InChI=1S/C32H33FN8O4/c33-25-14-22(20-4-5-20)13-21-6-7-41(31(44)29(21)25)26-3-1-2-23(24(26)18-42)30-36-27(37-32(34)38-30)12-19-15-35-40(16-19)17-28(43)39-8-10-45-11-9-39/h1-3,13-16,20,42H,4-12,17-18H2,(H2,34,36,37,38). The maximum atomic E-state index is 15.2. The van der Waals surface area contributed by atoms with Crippen molar-refractivity contribution in [3.8, 4) is 11.4 Å². The Kier molecular flexibility index (Phi) is 7.71. The van der Waals surface area contributed by atoms with Gasteiger partial charge in [-0.05, 0) is 54.0 Å². The number of hydrogen-bond donors (Lipinski definition) is 2. The molecular formula is C32H33FN8O4. The zero-order chi connectivity index (χ0) is 31.1. The topological polar surface area (TPSA) is 153 Å². The van der Waals surface area contributed by atoms with Gasteiger partial charge in [-0.3, -0.25) is 14.3 Å². The maximum Gasteiger partial charge on any atom is 0.261 e. The lowest BCUT2D eigenvalue weighted by Gasteiger charge is -2.31. The van der Waals surface area contributed by atoms with E-state index in [9.17, 15) is 14.7 Å². The van der Waals surface area contributed by atoms with Gasteiger partial charge < -0.3 is 25.4 Å². The molecule has 0 bridgehead atoms. The number of benzene rings is 2. The molecule has 13 heteroatoms. The van der Waals surface area contributed by atoms with Crippen LogP contribution in [0.4, 0.5) is 16.0 Å². The minimum absolute atomic E-state index is 0.00399. The minimum atomic E-state index is -0.505. The molecule has 0 radical (unpaired) electrons. The van der Waals surface area contributed by atoms with Crippen molar-refractivity contribution in [2.45, 2.75) is 44.8 Å². The van der Waals surface area contributed by atoms with Crippen molar-refractivity contribution in [2.24, 2.45) is 0 Å². The summed E-state index contributed by atoms with van der Waals surface area (Å²) in [6.07, 6.45) is 6.30. The zero-order valence-electron chi connectivity index (χ0n) is 24.7. The van der Waals surface area contributed by atoms with E-state index in [4.69, 9.17) is 10.5 Å². The number of halogens is 1. The first-order valence-corrected chi connectivity index (χ1v) is 15.1. The van der Waals surface area contributed by atoms with E-state index in [1.807, 2.05) is 6.07 Å². The number of carbonyl (C=O) groups is 2. The molecule has 2 aromatic heterocycles. The lowest BCUT2D eigenvalue weighted by molar-refractivity contribution is -0.136. The average Bonchev–Trinajstić information content (AvgIpc) is 3.81. The third-order valence-electron chi connectivity index (χ3n) is 8.56. The molecule has 3 aliphatic rings. The predicted octanol–water partition coefficient (Wildman–Crippen LogP) is 2.48. The average molecular weight is 613 g/mol. The summed E-state index contributed by atoms with van der Waals surface area (Å²) in [5.41, 5.74) is 10.0. The van der Waals surface area contributed by atoms with Crippen LogP contribution < -0.4 is 10.6 Å². The van der Waals surface area contributed by atoms with Gasteiger partial charge in [0.2, 0.25) is 11.9 Å². The second-order valence-electron chi connectivity index (χ2n) is 11.6. The van der Waals surface area contributed by atoms with Gasteiger partial charge in [-0.2, -0.15) is 15.1 Å². The van der Waals surface area contributed by atoms with Gasteiger partial charge in [-0.25, -0.2) is 9.37 Å². The number of hydrogen-bond acceptors (Lipinski definition) is 9.